The van der Waals surface area contributed by atoms with E-state index < -0.39 is 0 Å². The van der Waals surface area contributed by atoms with E-state index in [4.69, 9.17) is 4.74 Å². The molecule has 4 aromatic rings. The number of benzene rings is 2. The first-order valence-electron chi connectivity index (χ1n) is 9.17. The molecular weight excluding hydrogens is 348 g/mol. The van der Waals surface area contributed by atoms with Gasteiger partial charge in [-0.3, -0.25) is 9.97 Å². The van der Waals surface area contributed by atoms with E-state index in [9.17, 15) is 0 Å². The predicted molar refractivity (Wildman–Crippen MR) is 110 cm³/mol. The van der Waals surface area contributed by atoms with E-state index in [1.165, 1.54) is 0 Å². The van der Waals surface area contributed by atoms with Gasteiger partial charge in [-0.15, -0.1) is 0 Å². The van der Waals surface area contributed by atoms with Crippen molar-refractivity contribution in [3.63, 3.8) is 0 Å². The Labute approximate surface area is 164 Å². The maximum absolute atomic E-state index is 6.09. The molecule has 5 nitrogen and oxygen atoms in total. The van der Waals surface area contributed by atoms with E-state index in [-0.39, 0.29) is 0 Å². The van der Waals surface area contributed by atoms with Crippen molar-refractivity contribution in [3.05, 3.63) is 97.1 Å². The number of hydrogen-bond donors (Lipinski definition) is 1. The average molecular weight is 368 g/mol. The number of hydrogen-bond acceptors (Lipinski definition) is 5. The van der Waals surface area contributed by atoms with Gasteiger partial charge in [-0.05, 0) is 36.4 Å². The van der Waals surface area contributed by atoms with Crippen molar-refractivity contribution in [2.45, 2.75) is 6.42 Å². The summed E-state index contributed by atoms with van der Waals surface area (Å²) >= 11 is 0. The molecule has 4 rings (SSSR count). The molecule has 0 amide bonds. The highest BCUT2D eigenvalue weighted by Gasteiger charge is 2.13. The van der Waals surface area contributed by atoms with Crippen LogP contribution in [0.2, 0.25) is 0 Å². The van der Waals surface area contributed by atoms with Gasteiger partial charge in [0, 0.05) is 42.8 Å². The van der Waals surface area contributed by atoms with Crippen LogP contribution in [0.1, 0.15) is 5.69 Å². The zero-order valence-corrected chi connectivity index (χ0v) is 15.3. The van der Waals surface area contributed by atoms with Crippen molar-refractivity contribution < 1.29 is 4.74 Å². The lowest BCUT2D eigenvalue weighted by Gasteiger charge is -2.14. The highest BCUT2D eigenvalue weighted by molar-refractivity contribution is 5.76. The smallest absolute Gasteiger partial charge is 0.152 e. The molecule has 0 aliphatic heterocycles. The second-order valence-corrected chi connectivity index (χ2v) is 6.16. The molecule has 0 aliphatic rings. The van der Waals surface area contributed by atoms with Crippen LogP contribution >= 0.6 is 0 Å². The molecule has 0 spiro atoms. The summed E-state index contributed by atoms with van der Waals surface area (Å²) in [6.07, 6.45) is 5.99. The second kappa shape index (κ2) is 8.77. The van der Waals surface area contributed by atoms with E-state index in [0.717, 1.165) is 40.7 Å². The zero-order chi connectivity index (χ0) is 19.0. The third kappa shape index (κ3) is 4.32. The summed E-state index contributed by atoms with van der Waals surface area (Å²) < 4.78 is 6.09. The van der Waals surface area contributed by atoms with Crippen LogP contribution in [-0.2, 0) is 6.42 Å². The summed E-state index contributed by atoms with van der Waals surface area (Å²) in [5, 5.41) is 3.38. The van der Waals surface area contributed by atoms with E-state index in [1.807, 2.05) is 72.8 Å². The van der Waals surface area contributed by atoms with Gasteiger partial charge in [-0.2, -0.15) is 0 Å². The fourth-order valence-corrected chi connectivity index (χ4v) is 2.89. The normalized spacial score (nSPS) is 10.4. The number of aromatic nitrogens is 3. The summed E-state index contributed by atoms with van der Waals surface area (Å²) in [7, 11) is 0. The lowest BCUT2D eigenvalue weighted by Crippen LogP contribution is -2.09. The molecule has 0 atom stereocenters. The van der Waals surface area contributed by atoms with Gasteiger partial charge in [0.2, 0.25) is 0 Å². The second-order valence-electron chi connectivity index (χ2n) is 6.16. The zero-order valence-electron chi connectivity index (χ0n) is 15.3. The van der Waals surface area contributed by atoms with Crippen LogP contribution in [0.5, 0.6) is 11.5 Å². The topological polar surface area (TPSA) is 59.9 Å². The molecule has 2 aromatic heterocycles. The number of para-hydroxylation sites is 2. The monoisotopic (exact) mass is 368 g/mol. The summed E-state index contributed by atoms with van der Waals surface area (Å²) in [4.78, 5) is 13.4. The van der Waals surface area contributed by atoms with Crippen LogP contribution in [-0.4, -0.2) is 21.5 Å². The maximum atomic E-state index is 6.09. The van der Waals surface area contributed by atoms with Crippen molar-refractivity contribution >= 4 is 5.82 Å². The molecule has 2 aromatic carbocycles. The fourth-order valence-electron chi connectivity index (χ4n) is 2.89. The molecule has 0 radical (unpaired) electrons. The van der Waals surface area contributed by atoms with Crippen LogP contribution in [0.25, 0.3) is 11.3 Å². The summed E-state index contributed by atoms with van der Waals surface area (Å²) in [6.45, 7) is 0.713. The van der Waals surface area contributed by atoms with Gasteiger partial charge < -0.3 is 10.1 Å². The van der Waals surface area contributed by atoms with Crippen LogP contribution in [0, 0.1) is 0 Å². The third-order valence-corrected chi connectivity index (χ3v) is 4.21. The number of ether oxygens (including phenoxy) is 1. The first-order valence-corrected chi connectivity index (χ1v) is 9.17. The fraction of sp³-hybridized carbons (Fsp3) is 0.0870. The van der Waals surface area contributed by atoms with Crippen LogP contribution < -0.4 is 10.1 Å². The van der Waals surface area contributed by atoms with Crippen molar-refractivity contribution in [1.29, 1.82) is 0 Å². The quantitative estimate of drug-likeness (QED) is 0.498. The Morgan fingerprint density at radius 1 is 0.714 bits per heavy atom. The minimum Gasteiger partial charge on any atom is -0.457 e. The van der Waals surface area contributed by atoms with Gasteiger partial charge in [0.1, 0.15) is 17.2 Å². The summed E-state index contributed by atoms with van der Waals surface area (Å²) in [5.41, 5.74) is 2.68. The van der Waals surface area contributed by atoms with Gasteiger partial charge in [0.25, 0.3) is 0 Å². The number of rotatable bonds is 7. The number of nitrogens with one attached hydrogen (secondary N) is 1. The van der Waals surface area contributed by atoms with Crippen molar-refractivity contribution in [1.82, 2.24) is 15.0 Å². The van der Waals surface area contributed by atoms with Crippen LogP contribution in [0.4, 0.5) is 5.82 Å². The molecular formula is C23H20N4O. The molecule has 1 N–H and O–H groups in total. The molecule has 0 saturated carbocycles. The summed E-state index contributed by atoms with van der Waals surface area (Å²) in [5.74, 6) is 2.24. The van der Waals surface area contributed by atoms with Crippen molar-refractivity contribution in [2.75, 3.05) is 11.9 Å². The van der Waals surface area contributed by atoms with Gasteiger partial charge in [-0.1, -0.05) is 36.4 Å². The lowest BCUT2D eigenvalue weighted by molar-refractivity contribution is 0.484. The molecule has 28 heavy (non-hydrogen) atoms. The average Bonchev–Trinajstić information content (AvgIpc) is 2.76. The molecule has 0 unspecified atom stereocenters. The Morgan fingerprint density at radius 3 is 2.36 bits per heavy atom. The highest BCUT2D eigenvalue weighted by atomic mass is 16.5. The van der Waals surface area contributed by atoms with E-state index in [1.54, 1.807) is 18.6 Å². The van der Waals surface area contributed by atoms with Gasteiger partial charge in [0.05, 0.1) is 0 Å². The molecule has 5 heteroatoms. The first-order chi connectivity index (χ1) is 13.9. The van der Waals surface area contributed by atoms with Crippen molar-refractivity contribution in [2.24, 2.45) is 0 Å². The molecule has 0 fully saturated rings. The minimum atomic E-state index is 0.713. The maximum Gasteiger partial charge on any atom is 0.152 e. The van der Waals surface area contributed by atoms with Crippen LogP contribution in [0.15, 0.2) is 91.4 Å². The molecule has 0 bridgehead atoms. The number of anilines is 1. The Balaban J connectivity index is 1.56. The molecule has 138 valence electrons. The third-order valence-electron chi connectivity index (χ3n) is 4.21. The Bertz CT molecular complexity index is 1020. The first kappa shape index (κ1) is 17.7. The van der Waals surface area contributed by atoms with Crippen LogP contribution in [0.3, 0.4) is 0 Å². The Morgan fingerprint density at radius 2 is 1.50 bits per heavy atom. The standard InChI is InChI=1S/C23H20N4O/c1-2-9-19(10-3-1)28-21-12-5-4-11-20(21)22-23(27-17-16-25-22)26-15-13-18-8-6-7-14-24-18/h1-12,14,16-17H,13,15H2,(H,26,27). The van der Waals surface area contributed by atoms with E-state index in [2.05, 4.69) is 20.3 Å². The minimum absolute atomic E-state index is 0.713. The Hall–Kier alpha value is -3.73. The molecule has 2 heterocycles. The number of pyridine rings is 1. The largest absolute Gasteiger partial charge is 0.457 e. The van der Waals surface area contributed by atoms with Crippen molar-refractivity contribution in [3.8, 4) is 22.8 Å². The van der Waals surface area contributed by atoms with Gasteiger partial charge >= 0.3 is 0 Å². The Kier molecular flexibility index (Phi) is 5.54. The van der Waals surface area contributed by atoms with E-state index >= 15 is 0 Å². The van der Waals surface area contributed by atoms with Gasteiger partial charge in [-0.25, -0.2) is 4.98 Å². The highest BCUT2D eigenvalue weighted by Crippen LogP contribution is 2.34. The molecule has 0 saturated heterocycles. The summed E-state index contributed by atoms with van der Waals surface area (Å²) in [6, 6.07) is 23.5. The van der Waals surface area contributed by atoms with Gasteiger partial charge in [0.15, 0.2) is 5.82 Å². The molecule has 0 aliphatic carbocycles. The lowest BCUT2D eigenvalue weighted by atomic mass is 10.1. The predicted octanol–water partition coefficient (Wildman–Crippen LogP) is 4.99. The number of nitrogens with zero attached hydrogens (tertiary/aromatic N) is 3. The van der Waals surface area contributed by atoms with E-state index in [0.29, 0.717) is 6.54 Å². The SMILES string of the molecule is c1ccc(Oc2ccccc2-c2nccnc2NCCc2ccccn2)cc1.